The highest BCUT2D eigenvalue weighted by atomic mass is 32.2. The van der Waals surface area contributed by atoms with Crippen LogP contribution in [0.3, 0.4) is 0 Å². The first-order valence-corrected chi connectivity index (χ1v) is 8.76. The van der Waals surface area contributed by atoms with Crippen LogP contribution in [0.25, 0.3) is 0 Å². The molecular formula is C15H25N5S. The molecule has 116 valence electrons. The van der Waals surface area contributed by atoms with Crippen LogP contribution in [-0.4, -0.2) is 32.1 Å². The van der Waals surface area contributed by atoms with Crippen LogP contribution in [0.4, 0.5) is 0 Å². The Morgan fingerprint density at radius 3 is 2.90 bits per heavy atom. The smallest absolute Gasteiger partial charge is 0.191 e. The fourth-order valence-electron chi connectivity index (χ4n) is 2.71. The topological polar surface area (TPSA) is 66.5 Å². The number of aryl methyl sites for hydroxylation is 1. The zero-order valence-electron chi connectivity index (χ0n) is 13.2. The molecular weight excluding hydrogens is 282 g/mol. The summed E-state index contributed by atoms with van der Waals surface area (Å²) in [6, 6.07) is 2.70. The van der Waals surface area contributed by atoms with Gasteiger partial charge in [0.05, 0.1) is 6.07 Å². The summed E-state index contributed by atoms with van der Waals surface area (Å²) in [7, 11) is 0. The molecule has 0 saturated carbocycles. The number of hydrogen-bond donors (Lipinski definition) is 1. The predicted molar refractivity (Wildman–Crippen MR) is 85.2 cm³/mol. The predicted octanol–water partition coefficient (Wildman–Crippen LogP) is 2.77. The number of nitriles is 1. The molecule has 1 aliphatic rings. The molecule has 6 heteroatoms. The summed E-state index contributed by atoms with van der Waals surface area (Å²) >= 11 is 1.72. The molecule has 1 aromatic rings. The van der Waals surface area contributed by atoms with Crippen molar-refractivity contribution >= 4 is 11.8 Å². The van der Waals surface area contributed by atoms with Gasteiger partial charge in [-0.2, -0.15) is 5.26 Å². The molecule has 0 spiro atoms. The lowest BCUT2D eigenvalue weighted by Gasteiger charge is -2.25. The largest absolute Gasteiger partial charge is 0.306 e. The van der Waals surface area contributed by atoms with Crippen LogP contribution in [0.15, 0.2) is 5.16 Å². The van der Waals surface area contributed by atoms with E-state index in [0.29, 0.717) is 6.04 Å². The Morgan fingerprint density at radius 2 is 2.19 bits per heavy atom. The van der Waals surface area contributed by atoms with Crippen LogP contribution < -0.4 is 5.32 Å². The van der Waals surface area contributed by atoms with Gasteiger partial charge >= 0.3 is 0 Å². The molecule has 1 atom stereocenters. The fraction of sp³-hybridized carbons (Fsp3) is 0.800. The molecule has 0 aromatic carbocycles. The highest BCUT2D eigenvalue weighted by Crippen LogP contribution is 2.24. The molecule has 1 aliphatic heterocycles. The summed E-state index contributed by atoms with van der Waals surface area (Å²) in [5.41, 5.74) is -0.469. The summed E-state index contributed by atoms with van der Waals surface area (Å²) < 4.78 is 2.26. The minimum atomic E-state index is -0.469. The highest BCUT2D eigenvalue weighted by Gasteiger charge is 2.24. The monoisotopic (exact) mass is 307 g/mol. The average molecular weight is 307 g/mol. The maximum atomic E-state index is 9.37. The zero-order chi connectivity index (χ0) is 15.3. The van der Waals surface area contributed by atoms with Gasteiger partial charge in [-0.1, -0.05) is 18.2 Å². The Labute approximate surface area is 131 Å². The quantitative estimate of drug-likeness (QED) is 0.819. The van der Waals surface area contributed by atoms with Crippen LogP contribution in [0.5, 0.6) is 0 Å². The van der Waals surface area contributed by atoms with E-state index in [1.165, 1.54) is 19.3 Å². The molecule has 2 heterocycles. The van der Waals surface area contributed by atoms with Crippen molar-refractivity contribution < 1.29 is 0 Å². The summed E-state index contributed by atoms with van der Waals surface area (Å²) in [4.78, 5) is 0. The van der Waals surface area contributed by atoms with Crippen molar-refractivity contribution in [3.63, 3.8) is 0 Å². The standard InChI is InChI=1S/C15H25N5S/c1-12(2)17-15(3,11-16)8-10-21-14-19-18-13-7-5-4-6-9-20(13)14/h12,17H,4-10H2,1-3H3. The minimum absolute atomic E-state index is 0.309. The van der Waals surface area contributed by atoms with E-state index in [0.717, 1.165) is 36.1 Å². The van der Waals surface area contributed by atoms with Crippen molar-refractivity contribution in [1.82, 2.24) is 20.1 Å². The fourth-order valence-corrected chi connectivity index (χ4v) is 3.85. The van der Waals surface area contributed by atoms with Gasteiger partial charge in [0.25, 0.3) is 0 Å². The van der Waals surface area contributed by atoms with Gasteiger partial charge in [-0.25, -0.2) is 0 Å². The number of fused-ring (bicyclic) bond motifs is 1. The van der Waals surface area contributed by atoms with Gasteiger partial charge in [0.1, 0.15) is 11.4 Å². The van der Waals surface area contributed by atoms with Gasteiger partial charge in [0.2, 0.25) is 0 Å². The molecule has 1 N–H and O–H groups in total. The second-order valence-electron chi connectivity index (χ2n) is 6.20. The number of aromatic nitrogens is 3. The van der Waals surface area contributed by atoms with E-state index in [1.807, 2.05) is 6.92 Å². The van der Waals surface area contributed by atoms with Crippen LogP contribution in [0.1, 0.15) is 52.3 Å². The molecule has 0 radical (unpaired) electrons. The minimum Gasteiger partial charge on any atom is -0.306 e. The van der Waals surface area contributed by atoms with Gasteiger partial charge in [-0.15, -0.1) is 10.2 Å². The first kappa shape index (κ1) is 16.3. The molecule has 5 nitrogen and oxygen atoms in total. The molecule has 0 fully saturated rings. The van der Waals surface area contributed by atoms with Crippen LogP contribution in [0.2, 0.25) is 0 Å². The van der Waals surface area contributed by atoms with E-state index < -0.39 is 5.54 Å². The van der Waals surface area contributed by atoms with E-state index in [4.69, 9.17) is 0 Å². The number of nitrogens with zero attached hydrogens (tertiary/aromatic N) is 4. The van der Waals surface area contributed by atoms with Gasteiger partial charge in [0.15, 0.2) is 5.16 Å². The summed E-state index contributed by atoms with van der Waals surface area (Å²) in [6.45, 7) is 7.14. The molecule has 0 bridgehead atoms. The van der Waals surface area contributed by atoms with Gasteiger partial charge in [0, 0.05) is 24.8 Å². The Hall–Kier alpha value is -1.06. The first-order valence-electron chi connectivity index (χ1n) is 7.78. The number of hydrogen-bond acceptors (Lipinski definition) is 5. The third-order valence-electron chi connectivity index (χ3n) is 3.76. The molecule has 1 unspecified atom stereocenters. The second-order valence-corrected chi connectivity index (χ2v) is 7.26. The van der Waals surface area contributed by atoms with Crippen molar-refractivity contribution in [1.29, 1.82) is 5.26 Å². The van der Waals surface area contributed by atoms with E-state index in [1.54, 1.807) is 11.8 Å². The average Bonchev–Trinajstić information content (AvgIpc) is 2.67. The van der Waals surface area contributed by atoms with E-state index >= 15 is 0 Å². The maximum absolute atomic E-state index is 9.37. The van der Waals surface area contributed by atoms with Crippen molar-refractivity contribution in [3.8, 4) is 6.07 Å². The third kappa shape index (κ3) is 4.45. The molecule has 0 saturated heterocycles. The lowest BCUT2D eigenvalue weighted by molar-refractivity contribution is 0.397. The lowest BCUT2D eigenvalue weighted by Crippen LogP contribution is -2.45. The van der Waals surface area contributed by atoms with E-state index in [2.05, 4.69) is 40.0 Å². The summed E-state index contributed by atoms with van der Waals surface area (Å²) in [5, 5.41) is 22.3. The maximum Gasteiger partial charge on any atom is 0.191 e. The third-order valence-corrected chi connectivity index (χ3v) is 4.73. The van der Waals surface area contributed by atoms with Gasteiger partial charge in [-0.3, -0.25) is 5.32 Å². The molecule has 0 amide bonds. The highest BCUT2D eigenvalue weighted by molar-refractivity contribution is 7.99. The van der Waals surface area contributed by atoms with Crippen LogP contribution >= 0.6 is 11.8 Å². The van der Waals surface area contributed by atoms with E-state index in [-0.39, 0.29) is 0 Å². The normalized spacial score (nSPS) is 17.9. The van der Waals surface area contributed by atoms with Gasteiger partial charge in [-0.05, 0) is 40.0 Å². The Balaban J connectivity index is 1.92. The van der Waals surface area contributed by atoms with Crippen molar-refractivity contribution in [3.05, 3.63) is 5.82 Å². The van der Waals surface area contributed by atoms with Crippen LogP contribution in [0, 0.1) is 11.3 Å². The summed E-state index contributed by atoms with van der Waals surface area (Å²) in [6.07, 6.45) is 5.54. The lowest BCUT2D eigenvalue weighted by atomic mass is 10.0. The summed E-state index contributed by atoms with van der Waals surface area (Å²) in [5.74, 6) is 2.00. The van der Waals surface area contributed by atoms with Crippen molar-refractivity contribution in [2.75, 3.05) is 5.75 Å². The van der Waals surface area contributed by atoms with Crippen molar-refractivity contribution in [2.45, 2.75) is 76.2 Å². The van der Waals surface area contributed by atoms with E-state index in [9.17, 15) is 5.26 Å². The number of thioether (sulfide) groups is 1. The number of rotatable bonds is 6. The Kier molecular flexibility index (Phi) is 5.65. The molecule has 1 aromatic heterocycles. The SMILES string of the molecule is CC(C)NC(C)(C#N)CCSc1nnc2n1CCCCC2. The Morgan fingerprint density at radius 1 is 1.38 bits per heavy atom. The first-order chi connectivity index (χ1) is 10.0. The molecule has 2 rings (SSSR count). The van der Waals surface area contributed by atoms with Gasteiger partial charge < -0.3 is 4.57 Å². The second kappa shape index (κ2) is 7.28. The molecule has 21 heavy (non-hydrogen) atoms. The molecule has 0 aliphatic carbocycles. The zero-order valence-corrected chi connectivity index (χ0v) is 14.0. The number of nitrogens with one attached hydrogen (secondary N) is 1. The van der Waals surface area contributed by atoms with Crippen LogP contribution in [-0.2, 0) is 13.0 Å². The van der Waals surface area contributed by atoms with Crippen molar-refractivity contribution in [2.24, 2.45) is 0 Å². The Bertz CT molecular complexity index is 505.